The van der Waals surface area contributed by atoms with Crippen LogP contribution in [0.2, 0.25) is 0 Å². The van der Waals surface area contributed by atoms with E-state index in [1.54, 1.807) is 0 Å². The van der Waals surface area contributed by atoms with Gasteiger partial charge in [0.15, 0.2) is 0 Å². The van der Waals surface area contributed by atoms with Gasteiger partial charge in [0.1, 0.15) is 0 Å². The first-order valence-corrected chi connectivity index (χ1v) is 6.00. The molecule has 158 valence electrons. The lowest BCUT2D eigenvalue weighted by Gasteiger charge is -2.27. The zero-order valence-corrected chi connectivity index (χ0v) is 12.2. The summed E-state index contributed by atoms with van der Waals surface area (Å²) < 4.78 is 153. The lowest BCUT2D eigenvalue weighted by molar-refractivity contribution is -0.356. The summed E-state index contributed by atoms with van der Waals surface area (Å²) in [5, 5.41) is 0. The highest BCUT2D eigenvalue weighted by Gasteiger charge is 2.68. The Morgan fingerprint density at radius 3 is 1.37 bits per heavy atom. The molecule has 0 saturated carbocycles. The molecule has 0 aliphatic carbocycles. The third kappa shape index (κ3) is 5.41. The van der Waals surface area contributed by atoms with Crippen molar-refractivity contribution < 1.29 is 71.7 Å². The standard InChI is InChI=1S/C11H6F12O4/c1-3(5(25)27-9(17,7(14)15)11(21,22)23)2-4(24)26-8(16,6(12)13)10(18,19)20/h6-7H,1-2H2/t8-,9-/m0/s1. The number of hydrogen-bond acceptors (Lipinski definition) is 4. The Hall–Kier alpha value is -2.16. The molecular weight excluding hydrogens is 424 g/mol. The van der Waals surface area contributed by atoms with Crippen LogP contribution >= 0.6 is 0 Å². The summed E-state index contributed by atoms with van der Waals surface area (Å²) in [5.74, 6) is -17.1. The number of ether oxygens (including phenoxy) is 2. The van der Waals surface area contributed by atoms with Crippen LogP contribution in [0.15, 0.2) is 12.2 Å². The molecule has 0 fully saturated rings. The summed E-state index contributed by atoms with van der Waals surface area (Å²) in [7, 11) is 0. The van der Waals surface area contributed by atoms with E-state index >= 15 is 0 Å². The average Bonchev–Trinajstić information content (AvgIpc) is 2.43. The molecule has 16 heteroatoms. The third-order valence-corrected chi connectivity index (χ3v) is 2.48. The highest BCUT2D eigenvalue weighted by atomic mass is 19.4. The van der Waals surface area contributed by atoms with E-state index in [1.807, 2.05) is 0 Å². The second-order valence-corrected chi connectivity index (χ2v) is 4.53. The molecule has 0 aliphatic heterocycles. The van der Waals surface area contributed by atoms with Crippen molar-refractivity contribution in [2.45, 2.75) is 43.3 Å². The SMILES string of the molecule is C=C(CC(=O)O[C@@](F)(C(F)F)C(F)(F)F)C(=O)O[C@@](F)(C(F)F)C(F)(F)F. The second kappa shape index (κ2) is 7.84. The molecule has 0 aliphatic rings. The van der Waals surface area contributed by atoms with Crippen molar-refractivity contribution in [3.63, 3.8) is 0 Å². The molecule has 0 aromatic heterocycles. The van der Waals surface area contributed by atoms with Crippen molar-refractivity contribution in [2.75, 3.05) is 0 Å². The molecule has 0 spiro atoms. The van der Waals surface area contributed by atoms with Crippen molar-refractivity contribution in [3.05, 3.63) is 12.2 Å². The summed E-state index contributed by atoms with van der Waals surface area (Å²) in [5.41, 5.74) is -1.73. The number of hydrogen-bond donors (Lipinski definition) is 0. The fourth-order valence-corrected chi connectivity index (χ4v) is 1.11. The number of carbonyl (C=O) groups excluding carboxylic acids is 2. The average molecular weight is 430 g/mol. The van der Waals surface area contributed by atoms with Crippen LogP contribution in [0.5, 0.6) is 0 Å². The molecule has 0 bridgehead atoms. The van der Waals surface area contributed by atoms with Gasteiger partial charge in [-0.1, -0.05) is 6.58 Å². The smallest absolute Gasteiger partial charge is 0.415 e. The Morgan fingerprint density at radius 1 is 0.741 bits per heavy atom. The molecule has 0 aromatic rings. The van der Waals surface area contributed by atoms with E-state index in [4.69, 9.17) is 0 Å². The zero-order chi connectivity index (χ0) is 22.0. The van der Waals surface area contributed by atoms with Gasteiger partial charge in [0, 0.05) is 5.57 Å². The van der Waals surface area contributed by atoms with E-state index < -0.39 is 60.8 Å². The Balaban J connectivity index is 5.24. The lowest BCUT2D eigenvalue weighted by Crippen LogP contribution is -2.51. The van der Waals surface area contributed by atoms with Gasteiger partial charge >= 0.3 is 48.9 Å². The summed E-state index contributed by atoms with van der Waals surface area (Å²) in [6.45, 7) is 2.41. The highest BCUT2D eigenvalue weighted by Crippen LogP contribution is 2.41. The quantitative estimate of drug-likeness (QED) is 0.348. The third-order valence-electron chi connectivity index (χ3n) is 2.48. The topological polar surface area (TPSA) is 52.6 Å². The molecule has 0 heterocycles. The van der Waals surface area contributed by atoms with Crippen LogP contribution in [0.3, 0.4) is 0 Å². The first kappa shape index (κ1) is 24.8. The van der Waals surface area contributed by atoms with Crippen molar-refractivity contribution in [1.82, 2.24) is 0 Å². The fraction of sp³-hybridized carbons (Fsp3) is 0.636. The minimum Gasteiger partial charge on any atom is -0.415 e. The largest absolute Gasteiger partial charge is 0.466 e. The Morgan fingerprint density at radius 2 is 1.07 bits per heavy atom. The van der Waals surface area contributed by atoms with Crippen molar-refractivity contribution in [2.24, 2.45) is 0 Å². The Labute approximate surface area is 140 Å². The van der Waals surface area contributed by atoms with Crippen molar-refractivity contribution >= 4 is 11.9 Å². The van der Waals surface area contributed by atoms with E-state index in [-0.39, 0.29) is 0 Å². The van der Waals surface area contributed by atoms with E-state index in [9.17, 15) is 62.3 Å². The maximum Gasteiger partial charge on any atom is 0.466 e. The van der Waals surface area contributed by atoms with Gasteiger partial charge in [-0.05, 0) is 0 Å². The van der Waals surface area contributed by atoms with Crippen LogP contribution in [0, 0.1) is 0 Å². The number of alkyl halides is 12. The van der Waals surface area contributed by atoms with Gasteiger partial charge in [0.05, 0.1) is 6.42 Å². The Kier molecular flexibility index (Phi) is 7.21. The molecule has 4 nitrogen and oxygen atoms in total. The molecule has 2 atom stereocenters. The first-order chi connectivity index (χ1) is 11.8. The summed E-state index contributed by atoms with van der Waals surface area (Å²) in [6, 6.07) is 0. The van der Waals surface area contributed by atoms with Crippen LogP contribution in [0.4, 0.5) is 52.7 Å². The van der Waals surface area contributed by atoms with Crippen molar-refractivity contribution in [3.8, 4) is 0 Å². The Bertz CT molecular complexity index is 583. The van der Waals surface area contributed by atoms with E-state index in [2.05, 4.69) is 16.1 Å². The maximum atomic E-state index is 13.1. The van der Waals surface area contributed by atoms with E-state index in [0.29, 0.717) is 0 Å². The van der Waals surface area contributed by atoms with Gasteiger partial charge in [0.25, 0.3) is 0 Å². The summed E-state index contributed by atoms with van der Waals surface area (Å²) in [6.07, 6.45) is -24.9. The number of rotatable bonds is 7. The van der Waals surface area contributed by atoms with Gasteiger partial charge in [-0.2, -0.15) is 35.1 Å². The maximum absolute atomic E-state index is 13.1. The summed E-state index contributed by atoms with van der Waals surface area (Å²) in [4.78, 5) is 22.1. The molecule has 0 rings (SSSR count). The molecule has 27 heavy (non-hydrogen) atoms. The van der Waals surface area contributed by atoms with E-state index in [0.717, 1.165) is 0 Å². The van der Waals surface area contributed by atoms with Crippen LogP contribution in [0.1, 0.15) is 6.42 Å². The van der Waals surface area contributed by atoms with Gasteiger partial charge in [0.2, 0.25) is 0 Å². The lowest BCUT2D eigenvalue weighted by atomic mass is 10.2. The molecule has 0 N–H and O–H groups in total. The first-order valence-electron chi connectivity index (χ1n) is 6.00. The minimum atomic E-state index is -6.47. The van der Waals surface area contributed by atoms with Crippen LogP contribution in [0.25, 0.3) is 0 Å². The molecular formula is C11H6F12O4. The highest BCUT2D eigenvalue weighted by molar-refractivity contribution is 5.93. The monoisotopic (exact) mass is 430 g/mol. The molecule has 0 unspecified atom stereocenters. The van der Waals surface area contributed by atoms with Gasteiger partial charge < -0.3 is 9.47 Å². The molecule has 0 saturated heterocycles. The normalized spacial score (nSPS) is 17.3. The van der Waals surface area contributed by atoms with Crippen LogP contribution < -0.4 is 0 Å². The number of esters is 2. The number of halogens is 12. The zero-order valence-electron chi connectivity index (χ0n) is 12.2. The predicted molar refractivity (Wildman–Crippen MR) is 57.7 cm³/mol. The number of carbonyl (C=O) groups is 2. The molecule has 0 amide bonds. The van der Waals surface area contributed by atoms with Gasteiger partial charge in [-0.3, -0.25) is 4.79 Å². The van der Waals surface area contributed by atoms with Gasteiger partial charge in [-0.15, -0.1) is 0 Å². The predicted octanol–water partition coefficient (Wildman–Crippen LogP) is 4.01. The van der Waals surface area contributed by atoms with Crippen LogP contribution in [-0.2, 0) is 19.1 Å². The molecule has 0 radical (unpaired) electrons. The minimum absolute atomic E-state index is 1.73. The fourth-order valence-electron chi connectivity index (χ4n) is 1.11. The van der Waals surface area contributed by atoms with Gasteiger partial charge in [-0.25, -0.2) is 22.4 Å². The van der Waals surface area contributed by atoms with Crippen LogP contribution in [-0.4, -0.2) is 48.9 Å². The summed E-state index contributed by atoms with van der Waals surface area (Å²) >= 11 is 0. The molecule has 0 aromatic carbocycles. The van der Waals surface area contributed by atoms with Crippen molar-refractivity contribution in [1.29, 1.82) is 0 Å². The van der Waals surface area contributed by atoms with E-state index in [1.165, 1.54) is 0 Å². The second-order valence-electron chi connectivity index (χ2n) is 4.53.